The van der Waals surface area contributed by atoms with Gasteiger partial charge in [-0.2, -0.15) is 0 Å². The predicted molar refractivity (Wildman–Crippen MR) is 152 cm³/mol. The number of fused-ring (bicyclic) bond motifs is 2. The van der Waals surface area contributed by atoms with E-state index in [4.69, 9.17) is 16.6 Å². The van der Waals surface area contributed by atoms with E-state index in [1.807, 2.05) is 12.1 Å². The van der Waals surface area contributed by atoms with E-state index in [-0.39, 0.29) is 6.04 Å². The van der Waals surface area contributed by atoms with Gasteiger partial charge in [-0.05, 0) is 64.0 Å². The van der Waals surface area contributed by atoms with E-state index in [0.29, 0.717) is 5.88 Å². The summed E-state index contributed by atoms with van der Waals surface area (Å²) in [5.74, 6) is 0.500. The molecule has 3 heteroatoms. The third kappa shape index (κ3) is 4.44. The highest BCUT2D eigenvalue weighted by Gasteiger charge is 2.18. The third-order valence-electron chi connectivity index (χ3n) is 6.63. The molecule has 2 aromatic heterocycles. The summed E-state index contributed by atoms with van der Waals surface area (Å²) in [7, 11) is 0. The number of halogens is 1. The molecular formula is C33H25ClN2. The van der Waals surface area contributed by atoms with Gasteiger partial charge in [-0.15, -0.1) is 11.6 Å². The summed E-state index contributed by atoms with van der Waals surface area (Å²) in [6.07, 6.45) is 6.41. The number of alkyl halides is 1. The molecule has 6 rings (SSSR count). The minimum Gasteiger partial charge on any atom is -0.336 e. The second kappa shape index (κ2) is 9.85. The van der Waals surface area contributed by atoms with E-state index in [9.17, 15) is 0 Å². The number of nitrogens with zero attached hydrogens (tertiary/aromatic N) is 2. The van der Waals surface area contributed by atoms with Crippen LogP contribution in [0.25, 0.3) is 34.0 Å². The van der Waals surface area contributed by atoms with Crippen molar-refractivity contribution < 1.29 is 0 Å². The smallest absolute Gasteiger partial charge is 0.0839 e. The van der Waals surface area contributed by atoms with Crippen molar-refractivity contribution in [2.75, 3.05) is 0 Å². The Morgan fingerprint density at radius 1 is 0.694 bits per heavy atom. The molecule has 0 radical (unpaired) electrons. The fourth-order valence-corrected chi connectivity index (χ4v) is 5.01. The Bertz CT molecular complexity index is 1680. The molecule has 0 saturated heterocycles. The zero-order valence-electron chi connectivity index (χ0n) is 19.8. The van der Waals surface area contributed by atoms with E-state index in [2.05, 4.69) is 126 Å². The summed E-state index contributed by atoms with van der Waals surface area (Å²) in [4.78, 5) is 4.78. The lowest BCUT2D eigenvalue weighted by Gasteiger charge is -2.22. The molecular weight excluding hydrogens is 460 g/mol. The van der Waals surface area contributed by atoms with Crippen LogP contribution >= 0.6 is 11.6 Å². The van der Waals surface area contributed by atoms with Gasteiger partial charge in [-0.1, -0.05) is 91.0 Å². The molecule has 0 bridgehead atoms. The number of aromatic nitrogens is 2. The highest BCUT2D eigenvalue weighted by molar-refractivity contribution is 6.17. The van der Waals surface area contributed by atoms with E-state index >= 15 is 0 Å². The average molecular weight is 485 g/mol. The molecule has 2 nitrogen and oxygen atoms in total. The SMILES string of the molecule is ClCc1ccc2ccn(C(c3ccccc3)c3cccc(C=Cc4ccc5ccccc5n4)c3)c2c1. The summed E-state index contributed by atoms with van der Waals surface area (Å²) in [5, 5.41) is 2.36. The van der Waals surface area contributed by atoms with E-state index in [1.165, 1.54) is 22.0 Å². The largest absolute Gasteiger partial charge is 0.336 e. The van der Waals surface area contributed by atoms with Gasteiger partial charge in [0, 0.05) is 23.0 Å². The number of para-hydroxylation sites is 1. The van der Waals surface area contributed by atoms with Gasteiger partial charge in [-0.3, -0.25) is 0 Å². The van der Waals surface area contributed by atoms with Gasteiger partial charge in [-0.25, -0.2) is 4.98 Å². The Labute approximate surface area is 216 Å². The second-order valence-electron chi connectivity index (χ2n) is 9.00. The van der Waals surface area contributed by atoms with Crippen LogP contribution in [0.5, 0.6) is 0 Å². The maximum Gasteiger partial charge on any atom is 0.0839 e. The first-order valence-corrected chi connectivity index (χ1v) is 12.7. The molecule has 0 aliphatic heterocycles. The van der Waals surface area contributed by atoms with Gasteiger partial charge in [0.25, 0.3) is 0 Å². The van der Waals surface area contributed by atoms with Gasteiger partial charge in [0.1, 0.15) is 0 Å². The Hall–Kier alpha value is -4.14. The van der Waals surface area contributed by atoms with Crippen LogP contribution in [0.3, 0.4) is 0 Å². The Balaban J connectivity index is 1.41. The fraction of sp³-hybridized carbons (Fsp3) is 0.0606. The van der Waals surface area contributed by atoms with Crippen LogP contribution in [-0.2, 0) is 5.88 Å². The monoisotopic (exact) mass is 484 g/mol. The molecule has 0 spiro atoms. The van der Waals surface area contributed by atoms with Crippen LogP contribution in [-0.4, -0.2) is 9.55 Å². The quantitative estimate of drug-likeness (QED) is 0.216. The number of rotatable bonds is 6. The third-order valence-corrected chi connectivity index (χ3v) is 6.94. The van der Waals surface area contributed by atoms with Gasteiger partial charge in [0.2, 0.25) is 0 Å². The van der Waals surface area contributed by atoms with Crippen molar-refractivity contribution in [1.29, 1.82) is 0 Å². The predicted octanol–water partition coefficient (Wildman–Crippen LogP) is 8.74. The molecule has 1 atom stereocenters. The lowest BCUT2D eigenvalue weighted by atomic mass is 9.96. The van der Waals surface area contributed by atoms with Crippen molar-refractivity contribution in [3.05, 3.63) is 149 Å². The van der Waals surface area contributed by atoms with Crippen molar-refractivity contribution in [3.63, 3.8) is 0 Å². The van der Waals surface area contributed by atoms with Gasteiger partial charge >= 0.3 is 0 Å². The lowest BCUT2D eigenvalue weighted by molar-refractivity contribution is 0.704. The van der Waals surface area contributed by atoms with Crippen molar-refractivity contribution in [2.45, 2.75) is 11.9 Å². The van der Waals surface area contributed by atoms with Crippen LogP contribution in [0.2, 0.25) is 0 Å². The molecule has 1 unspecified atom stereocenters. The van der Waals surface area contributed by atoms with Crippen LogP contribution in [0.15, 0.2) is 121 Å². The summed E-state index contributed by atoms with van der Waals surface area (Å²) in [5.41, 5.74) is 7.87. The Morgan fingerprint density at radius 3 is 2.39 bits per heavy atom. The first-order valence-electron chi connectivity index (χ1n) is 12.1. The molecule has 4 aromatic carbocycles. The number of hydrogen-bond donors (Lipinski definition) is 0. The van der Waals surface area contributed by atoms with Gasteiger partial charge < -0.3 is 4.57 Å². The minimum atomic E-state index is 0.0430. The van der Waals surface area contributed by atoms with E-state index < -0.39 is 0 Å². The second-order valence-corrected chi connectivity index (χ2v) is 9.26. The summed E-state index contributed by atoms with van der Waals surface area (Å²) < 4.78 is 2.36. The van der Waals surface area contributed by atoms with Crippen LogP contribution in [0.4, 0.5) is 0 Å². The van der Waals surface area contributed by atoms with Crippen LogP contribution in [0.1, 0.15) is 34.0 Å². The molecule has 0 amide bonds. The molecule has 6 aromatic rings. The van der Waals surface area contributed by atoms with Crippen molar-refractivity contribution in [2.24, 2.45) is 0 Å². The highest BCUT2D eigenvalue weighted by Crippen LogP contribution is 2.32. The average Bonchev–Trinajstić information content (AvgIpc) is 3.35. The van der Waals surface area contributed by atoms with Crippen molar-refractivity contribution in [3.8, 4) is 0 Å². The van der Waals surface area contributed by atoms with Crippen molar-refractivity contribution >= 4 is 45.6 Å². The first kappa shape index (κ1) is 22.3. The Kier molecular flexibility index (Phi) is 6.11. The van der Waals surface area contributed by atoms with Gasteiger partial charge in [0.05, 0.1) is 17.3 Å². The topological polar surface area (TPSA) is 17.8 Å². The summed E-state index contributed by atoms with van der Waals surface area (Å²) in [6.45, 7) is 0. The Morgan fingerprint density at radius 2 is 1.50 bits per heavy atom. The zero-order chi connectivity index (χ0) is 24.3. The standard InChI is InChI=1S/C33H25ClN2/c34-23-25-13-15-27-19-20-36(32(27)22-25)33(28-9-2-1-3-10-28)29-11-6-7-24(21-29)14-17-30-18-16-26-8-4-5-12-31(26)35-30/h1-22,33H,23H2. The lowest BCUT2D eigenvalue weighted by Crippen LogP contribution is -2.11. The first-order chi connectivity index (χ1) is 17.8. The normalized spacial score (nSPS) is 12.5. The molecule has 0 saturated carbocycles. The molecule has 0 aliphatic carbocycles. The molecule has 0 aliphatic rings. The van der Waals surface area contributed by atoms with Gasteiger partial charge in [0.15, 0.2) is 0 Å². The highest BCUT2D eigenvalue weighted by atomic mass is 35.5. The molecule has 0 fully saturated rings. The van der Waals surface area contributed by atoms with E-state index in [0.717, 1.165) is 27.7 Å². The molecule has 36 heavy (non-hydrogen) atoms. The minimum absolute atomic E-state index is 0.0430. The maximum atomic E-state index is 6.18. The van der Waals surface area contributed by atoms with Crippen LogP contribution in [0, 0.1) is 0 Å². The van der Waals surface area contributed by atoms with Crippen molar-refractivity contribution in [1.82, 2.24) is 9.55 Å². The zero-order valence-corrected chi connectivity index (χ0v) is 20.5. The van der Waals surface area contributed by atoms with Crippen LogP contribution < -0.4 is 0 Å². The maximum absolute atomic E-state index is 6.18. The summed E-state index contributed by atoms with van der Waals surface area (Å²) >= 11 is 6.18. The number of benzene rings is 4. The number of hydrogen-bond acceptors (Lipinski definition) is 1. The molecule has 174 valence electrons. The fourth-order valence-electron chi connectivity index (χ4n) is 4.84. The summed E-state index contributed by atoms with van der Waals surface area (Å²) in [6, 6.07) is 40.5. The van der Waals surface area contributed by atoms with E-state index in [1.54, 1.807) is 0 Å². The molecule has 0 N–H and O–H groups in total. The number of pyridine rings is 1. The molecule has 2 heterocycles.